The lowest BCUT2D eigenvalue weighted by molar-refractivity contribution is -0.162. The minimum atomic E-state index is -1.97. The number of esters is 1. The molecule has 17 heteroatoms. The number of Topliss-reactive ketones (excluding diaryl/α,β-unsaturated/α-hetero) is 1. The molecule has 388 valence electrons. The predicted octanol–water partition coefficient (Wildman–Crippen LogP) is 6.31. The van der Waals surface area contributed by atoms with E-state index in [0.717, 1.165) is 32.2 Å². The third-order valence-corrected chi connectivity index (χ3v) is 15.3. The lowest BCUT2D eigenvalue weighted by Gasteiger charge is -2.37. The van der Waals surface area contributed by atoms with Crippen molar-refractivity contribution in [2.24, 2.45) is 57.1 Å². The van der Waals surface area contributed by atoms with Gasteiger partial charge in [0.2, 0.25) is 0 Å². The molecule has 1 saturated heterocycles. The number of allylic oxidation sites excluding steroid dienone is 4. The highest BCUT2D eigenvalue weighted by molar-refractivity contribution is 6.19. The average Bonchev–Trinajstić information content (AvgIpc) is 3.83. The molecule has 3 unspecified atom stereocenters. The number of amides is 1. The van der Waals surface area contributed by atoms with E-state index in [0.29, 0.717) is 49.5 Å². The Bertz CT molecular complexity index is 2610. The van der Waals surface area contributed by atoms with Gasteiger partial charge in [-0.25, -0.2) is 5.84 Å². The second-order valence-electron chi connectivity index (χ2n) is 21.5. The molecule has 2 aromatic rings. The molecule has 5 heterocycles. The van der Waals surface area contributed by atoms with Crippen molar-refractivity contribution < 1.29 is 48.7 Å². The minimum Gasteiger partial charge on any atom is -0.507 e. The lowest BCUT2D eigenvalue weighted by atomic mass is 9.79. The average molecular weight is 984 g/mol. The highest BCUT2D eigenvalue weighted by Gasteiger charge is 2.50. The van der Waals surface area contributed by atoms with E-state index >= 15 is 0 Å². The van der Waals surface area contributed by atoms with Crippen LogP contribution >= 0.6 is 0 Å². The summed E-state index contributed by atoms with van der Waals surface area (Å²) in [4.78, 5) is 55.5. The smallest absolute Gasteiger partial charge is 0.327 e. The van der Waals surface area contributed by atoms with Crippen LogP contribution in [0.4, 0.5) is 5.69 Å². The van der Waals surface area contributed by atoms with Crippen LogP contribution in [0.25, 0.3) is 10.8 Å². The molecule has 6 aliphatic rings. The fourth-order valence-electron chi connectivity index (χ4n) is 11.2. The maximum absolute atomic E-state index is 14.9. The van der Waals surface area contributed by atoms with Crippen molar-refractivity contribution >= 4 is 34.1 Å². The second kappa shape index (κ2) is 21.7. The zero-order valence-corrected chi connectivity index (χ0v) is 43.3. The number of ketones is 1. The molecule has 5 aliphatic heterocycles. The molecule has 2 fully saturated rings. The Balaban J connectivity index is 1.29. The number of nitrogens with zero attached hydrogens (tertiary/aromatic N) is 4. The number of hydrogen-bond acceptors (Lipinski definition) is 16. The number of likely N-dealkylation sites (tertiary alicyclic amines) is 1. The van der Waals surface area contributed by atoms with Gasteiger partial charge in [-0.15, -0.1) is 0 Å². The summed E-state index contributed by atoms with van der Waals surface area (Å²) < 4.78 is 24.8. The lowest BCUT2D eigenvalue weighted by Crippen LogP contribution is -2.46. The molecular weight excluding hydrogens is 907 g/mol. The predicted molar refractivity (Wildman–Crippen MR) is 270 cm³/mol. The Morgan fingerprint density at radius 2 is 1.69 bits per heavy atom. The van der Waals surface area contributed by atoms with Crippen LogP contribution in [0.2, 0.25) is 0 Å². The van der Waals surface area contributed by atoms with Crippen LogP contribution in [-0.4, -0.2) is 106 Å². The van der Waals surface area contributed by atoms with Gasteiger partial charge in [0, 0.05) is 86.8 Å². The molecule has 1 spiro atoms. The Morgan fingerprint density at radius 1 is 1.01 bits per heavy atom. The Hall–Kier alpha value is -5.49. The third-order valence-electron chi connectivity index (χ3n) is 15.3. The van der Waals surface area contributed by atoms with E-state index in [4.69, 9.17) is 40.5 Å². The number of aliphatic hydroxyl groups excluding tert-OH is 1. The van der Waals surface area contributed by atoms with Crippen molar-refractivity contribution in [2.75, 3.05) is 38.6 Å². The maximum atomic E-state index is 14.9. The number of rotatable bonds is 8. The zero-order chi connectivity index (χ0) is 51.7. The normalized spacial score (nSPS) is 30.5. The monoisotopic (exact) mass is 984 g/mol. The van der Waals surface area contributed by atoms with Gasteiger partial charge in [-0.3, -0.25) is 24.4 Å². The van der Waals surface area contributed by atoms with E-state index in [1.54, 1.807) is 38.3 Å². The number of fused-ring (bicyclic) bond motifs is 13. The van der Waals surface area contributed by atoms with Gasteiger partial charge < -0.3 is 55.2 Å². The molecule has 1 aliphatic carbocycles. The van der Waals surface area contributed by atoms with Gasteiger partial charge >= 0.3 is 11.8 Å². The van der Waals surface area contributed by atoms with E-state index in [1.807, 2.05) is 33.8 Å². The van der Waals surface area contributed by atoms with Gasteiger partial charge in [0.25, 0.3) is 11.7 Å². The number of phenols is 2. The molecule has 71 heavy (non-hydrogen) atoms. The summed E-state index contributed by atoms with van der Waals surface area (Å²) in [5.74, 6) is 0.968. The Labute approximate surface area is 417 Å². The van der Waals surface area contributed by atoms with Gasteiger partial charge in [-0.1, -0.05) is 79.0 Å². The summed E-state index contributed by atoms with van der Waals surface area (Å²) in [7, 11) is 1.50. The van der Waals surface area contributed by atoms with Crippen molar-refractivity contribution in [3.05, 3.63) is 69.9 Å². The van der Waals surface area contributed by atoms with E-state index in [9.17, 15) is 29.7 Å². The van der Waals surface area contributed by atoms with E-state index in [-0.39, 0.29) is 74.1 Å². The molecule has 1 saturated carbocycles. The highest BCUT2D eigenvalue weighted by atomic mass is 16.7. The second-order valence-corrected chi connectivity index (χ2v) is 21.5. The standard InChI is InChI=1S/C54H77N7O10/c1-29(2)26-60-22-20-54(21-23-60)58-43-40-41-47(64)35(8)50-42(40)51(66)53(9,71-50)69-24-19-38(68-10)33(6)49(70-39(62)28-61(56)27-37(55)36-17-12-11-13-18-36)34(7)46(63)32(5)25-30(3)15-14-16-31(4)52(67)57-45(48(41)65)44(43)59-54/h14-16,19,24,27,29-30,32-34,36,38,46,49,63-65H,11-13,17-18,20-23,25-26,28,55-56H2,1-10H3,(H,57,67)/b15-14+,24-19+,31-16-,37-27-/t30?,32-,33-,34-,38+,46?,49-,53?/m1/s1. The number of carbonyl (C=O) groups is 3. The first kappa shape index (κ1) is 53.3. The van der Waals surface area contributed by atoms with Gasteiger partial charge in [0.05, 0.1) is 34.8 Å². The van der Waals surface area contributed by atoms with E-state index in [1.165, 1.54) is 31.7 Å². The van der Waals surface area contributed by atoms with Crippen LogP contribution in [0, 0.1) is 42.4 Å². The summed E-state index contributed by atoms with van der Waals surface area (Å²) >= 11 is 0. The summed E-state index contributed by atoms with van der Waals surface area (Å²) in [6, 6.07) is 0. The van der Waals surface area contributed by atoms with Gasteiger partial charge in [0.15, 0.2) is 11.4 Å². The van der Waals surface area contributed by atoms with Crippen molar-refractivity contribution in [3.8, 4) is 17.2 Å². The molecule has 2 aromatic carbocycles. The number of methoxy groups -OCH3 is 1. The number of hydrazine groups is 1. The Kier molecular flexibility index (Phi) is 16.3. The van der Waals surface area contributed by atoms with Crippen LogP contribution in [0.1, 0.15) is 123 Å². The van der Waals surface area contributed by atoms with E-state index in [2.05, 4.69) is 24.1 Å². The first-order chi connectivity index (χ1) is 33.6. The van der Waals surface area contributed by atoms with Crippen LogP contribution in [0.3, 0.4) is 0 Å². The number of benzene rings is 2. The highest BCUT2D eigenvalue weighted by Crippen LogP contribution is 2.50. The maximum Gasteiger partial charge on any atom is 0.327 e. The minimum absolute atomic E-state index is 0.0255. The molecule has 5 bridgehead atoms. The molecule has 8 rings (SSSR count). The quantitative estimate of drug-likeness (QED) is 0.0735. The molecule has 0 aromatic heterocycles. The van der Waals surface area contributed by atoms with Gasteiger partial charge in [0.1, 0.15) is 35.2 Å². The summed E-state index contributed by atoms with van der Waals surface area (Å²) in [6.45, 7) is 18.7. The van der Waals surface area contributed by atoms with E-state index < -0.39 is 65.0 Å². The Morgan fingerprint density at radius 3 is 2.35 bits per heavy atom. The SMILES string of the molecule is CO[C@H]1/C=C/OC2(C)Oc3c(C)c(O)c4c(O)c(c5c(c4c3C2=O)=NC2(CCN(CC(C)C)CC2)N=5)NC(=O)/C(C)=C\C=C\C(C)C[C@@H](C)C(O)[C@@H](C)[C@H](OC(=O)CN(N)/C=C(\N)C2CCCCC2)[C@@H]1C. The number of phenolic OH excluding ortho intramolecular Hbond substituents is 2. The number of nitrogens with two attached hydrogens (primary N) is 2. The third kappa shape index (κ3) is 11.1. The van der Waals surface area contributed by atoms with Crippen LogP contribution in [-0.2, 0) is 23.8 Å². The topological polar surface area (TPSA) is 244 Å². The number of aliphatic hydroxyl groups is 1. The van der Waals surface area contributed by atoms with Crippen LogP contribution in [0.5, 0.6) is 17.2 Å². The molecule has 17 nitrogen and oxygen atoms in total. The largest absolute Gasteiger partial charge is 0.507 e. The summed E-state index contributed by atoms with van der Waals surface area (Å²) in [5.41, 5.74) is 6.59. The number of aromatic hydroxyl groups is 2. The number of ether oxygens (including phenoxy) is 4. The van der Waals surface area contributed by atoms with Crippen molar-refractivity contribution in [3.63, 3.8) is 0 Å². The number of hydrogen-bond donors (Lipinski definition) is 6. The summed E-state index contributed by atoms with van der Waals surface area (Å²) in [6.07, 6.45) is 14.2. The molecule has 8 atom stereocenters. The van der Waals surface area contributed by atoms with Crippen molar-refractivity contribution in [1.82, 2.24) is 9.91 Å². The number of nitrogens with one attached hydrogen (secondary N) is 1. The fourth-order valence-corrected chi connectivity index (χ4v) is 11.2. The van der Waals surface area contributed by atoms with Crippen molar-refractivity contribution in [1.29, 1.82) is 0 Å². The first-order valence-corrected chi connectivity index (χ1v) is 25.5. The van der Waals surface area contributed by atoms with Crippen molar-refractivity contribution in [2.45, 2.75) is 143 Å². The van der Waals surface area contributed by atoms with Crippen LogP contribution < -0.4 is 32.3 Å². The molecule has 1 amide bonds. The van der Waals surface area contributed by atoms with Crippen LogP contribution in [0.15, 0.2) is 58.0 Å². The van der Waals surface area contributed by atoms with Gasteiger partial charge in [-0.05, 0) is 62.9 Å². The first-order valence-electron chi connectivity index (χ1n) is 25.5. The molecule has 0 radical (unpaired) electrons. The zero-order valence-electron chi connectivity index (χ0n) is 43.3. The molecular formula is C54H77N7O10. The number of carbonyl (C=O) groups excluding carboxylic acids is 3. The fraction of sp³-hybridized carbons (Fsp3) is 0.611. The number of anilines is 1. The van der Waals surface area contributed by atoms with Gasteiger partial charge in [-0.2, -0.15) is 0 Å². The molecule has 8 N–H and O–H groups in total. The number of piperidine rings is 1. The summed E-state index contributed by atoms with van der Waals surface area (Å²) in [5, 5.41) is 40.8.